The second-order valence-electron chi connectivity index (χ2n) is 7.15. The zero-order valence-electron chi connectivity index (χ0n) is 17.9. The lowest BCUT2D eigenvalue weighted by molar-refractivity contribution is -0.123. The smallest absolute Gasteiger partial charge is 0.281 e. The number of anilines is 1. The molecule has 0 saturated carbocycles. The van der Waals surface area contributed by atoms with Crippen molar-refractivity contribution in [2.45, 2.75) is 31.8 Å². The third-order valence-corrected chi connectivity index (χ3v) is 6.49. The van der Waals surface area contributed by atoms with Gasteiger partial charge in [-0.05, 0) is 62.2 Å². The third-order valence-electron chi connectivity index (χ3n) is 4.77. The zero-order chi connectivity index (χ0) is 22.6. The Hall–Kier alpha value is -3.32. The van der Waals surface area contributed by atoms with E-state index in [0.717, 1.165) is 9.87 Å². The first-order chi connectivity index (χ1) is 14.7. The average Bonchev–Trinajstić information content (AvgIpc) is 2.76. The van der Waals surface area contributed by atoms with Crippen molar-refractivity contribution in [2.24, 2.45) is 0 Å². The number of hydrogen-bond donors (Lipinski definition) is 0. The van der Waals surface area contributed by atoms with Crippen molar-refractivity contribution >= 4 is 21.6 Å². The molecule has 31 heavy (non-hydrogen) atoms. The zero-order valence-corrected chi connectivity index (χ0v) is 18.7. The van der Waals surface area contributed by atoms with Gasteiger partial charge in [-0.15, -0.1) is 0 Å². The molecule has 162 valence electrons. The Morgan fingerprint density at radius 2 is 1.58 bits per heavy atom. The molecule has 0 heterocycles. The first kappa shape index (κ1) is 22.4. The number of sulfonamides is 1. The Morgan fingerprint density at radius 3 is 2.26 bits per heavy atom. The predicted molar refractivity (Wildman–Crippen MR) is 120 cm³/mol. The second kappa shape index (κ2) is 9.22. The lowest BCUT2D eigenvalue weighted by atomic mass is 10.1. The number of carbonyl (C=O) groups excluding carboxylic acids is 1. The Labute approximate surface area is 183 Å². The van der Waals surface area contributed by atoms with Crippen LogP contribution < -0.4 is 13.8 Å². The molecular formula is C24H25NO5S. The highest BCUT2D eigenvalue weighted by Crippen LogP contribution is 2.30. The van der Waals surface area contributed by atoms with Crippen LogP contribution in [-0.4, -0.2) is 27.5 Å². The quantitative estimate of drug-likeness (QED) is 0.542. The Balaban J connectivity index is 2.05. The number of amides is 1. The fourth-order valence-corrected chi connectivity index (χ4v) is 4.65. The van der Waals surface area contributed by atoms with E-state index in [0.29, 0.717) is 22.7 Å². The number of carbonyl (C=O) groups is 1. The van der Waals surface area contributed by atoms with E-state index in [-0.39, 0.29) is 4.90 Å². The molecule has 1 atom stereocenters. The molecule has 0 saturated heterocycles. The molecule has 0 N–H and O–H groups in total. The molecule has 7 heteroatoms. The first-order valence-corrected chi connectivity index (χ1v) is 11.2. The Kier molecular flexibility index (Phi) is 6.65. The van der Waals surface area contributed by atoms with Gasteiger partial charge < -0.3 is 9.47 Å². The monoisotopic (exact) mass is 439 g/mol. The summed E-state index contributed by atoms with van der Waals surface area (Å²) in [5, 5.41) is 0. The highest BCUT2D eigenvalue weighted by Gasteiger charge is 2.35. The summed E-state index contributed by atoms with van der Waals surface area (Å²) in [6, 6.07) is 20.0. The average molecular weight is 440 g/mol. The van der Waals surface area contributed by atoms with Gasteiger partial charge in [0.15, 0.2) is 6.10 Å². The molecule has 6 nitrogen and oxygen atoms in total. The van der Waals surface area contributed by atoms with Crippen molar-refractivity contribution in [3.8, 4) is 11.5 Å². The molecule has 1 unspecified atom stereocenters. The van der Waals surface area contributed by atoms with Gasteiger partial charge in [-0.3, -0.25) is 4.79 Å². The van der Waals surface area contributed by atoms with E-state index in [9.17, 15) is 13.2 Å². The molecule has 3 rings (SSSR count). The van der Waals surface area contributed by atoms with E-state index in [1.54, 1.807) is 61.5 Å². The van der Waals surface area contributed by atoms with E-state index in [1.165, 1.54) is 26.2 Å². The van der Waals surface area contributed by atoms with E-state index in [1.807, 2.05) is 13.0 Å². The summed E-state index contributed by atoms with van der Waals surface area (Å²) in [5.41, 5.74) is 1.80. The lowest BCUT2D eigenvalue weighted by Crippen LogP contribution is -2.44. The van der Waals surface area contributed by atoms with E-state index >= 15 is 0 Å². The van der Waals surface area contributed by atoms with Gasteiger partial charge in [-0.25, -0.2) is 8.42 Å². The maximum atomic E-state index is 13.5. The molecule has 0 bridgehead atoms. The largest absolute Gasteiger partial charge is 0.497 e. The standard InChI is InChI=1S/C24H25NO5S/c1-17-13-14-18(2)23(15-17)25(31(27,28)22-11-6-5-7-12-22)24(26)19(3)30-21-10-8-9-20(16-21)29-4/h5-16,19H,1-4H3. The van der Waals surface area contributed by atoms with Crippen LogP contribution in [-0.2, 0) is 14.8 Å². The molecule has 0 fully saturated rings. The van der Waals surface area contributed by atoms with Crippen molar-refractivity contribution in [1.82, 2.24) is 0 Å². The van der Waals surface area contributed by atoms with Gasteiger partial charge in [0, 0.05) is 6.07 Å². The summed E-state index contributed by atoms with van der Waals surface area (Å²) >= 11 is 0. The van der Waals surface area contributed by atoms with Crippen LogP contribution in [0, 0.1) is 13.8 Å². The highest BCUT2D eigenvalue weighted by molar-refractivity contribution is 7.93. The van der Waals surface area contributed by atoms with Crippen molar-refractivity contribution in [1.29, 1.82) is 0 Å². The van der Waals surface area contributed by atoms with Crippen molar-refractivity contribution < 1.29 is 22.7 Å². The number of rotatable bonds is 7. The van der Waals surface area contributed by atoms with Crippen molar-refractivity contribution in [3.05, 3.63) is 83.9 Å². The summed E-state index contributed by atoms with van der Waals surface area (Å²) in [6.07, 6.45) is -1.06. The summed E-state index contributed by atoms with van der Waals surface area (Å²) in [7, 11) is -2.63. The summed E-state index contributed by atoms with van der Waals surface area (Å²) in [4.78, 5) is 13.5. The number of methoxy groups -OCH3 is 1. The first-order valence-electron chi connectivity index (χ1n) is 9.76. The molecular weight excluding hydrogens is 414 g/mol. The topological polar surface area (TPSA) is 72.9 Å². The van der Waals surface area contributed by atoms with Gasteiger partial charge in [-0.2, -0.15) is 4.31 Å². The highest BCUT2D eigenvalue weighted by atomic mass is 32.2. The normalized spacial score (nSPS) is 12.1. The lowest BCUT2D eigenvalue weighted by Gasteiger charge is -2.27. The fraction of sp³-hybridized carbons (Fsp3) is 0.208. The predicted octanol–water partition coefficient (Wildman–Crippen LogP) is 4.50. The van der Waals surface area contributed by atoms with Crippen LogP contribution in [0.1, 0.15) is 18.1 Å². The summed E-state index contributed by atoms with van der Waals surface area (Å²) in [5.74, 6) is 0.277. The van der Waals surface area contributed by atoms with Gasteiger partial charge in [0.1, 0.15) is 11.5 Å². The van der Waals surface area contributed by atoms with E-state index < -0.39 is 22.0 Å². The van der Waals surface area contributed by atoms with Gasteiger partial charge in [0.2, 0.25) is 0 Å². The van der Waals surface area contributed by atoms with Crippen LogP contribution in [0.3, 0.4) is 0 Å². The molecule has 0 aromatic heterocycles. The van der Waals surface area contributed by atoms with Gasteiger partial charge in [0.05, 0.1) is 17.7 Å². The summed E-state index contributed by atoms with van der Waals surface area (Å²) in [6.45, 7) is 5.14. The minimum atomic E-state index is -4.16. The van der Waals surface area contributed by atoms with Crippen LogP contribution >= 0.6 is 0 Å². The second-order valence-corrected chi connectivity index (χ2v) is 8.94. The summed E-state index contributed by atoms with van der Waals surface area (Å²) < 4.78 is 38.9. The molecule has 1 amide bonds. The van der Waals surface area contributed by atoms with Crippen LogP contribution in [0.25, 0.3) is 0 Å². The number of nitrogens with zero attached hydrogens (tertiary/aromatic N) is 1. The maximum absolute atomic E-state index is 13.5. The Bertz CT molecular complexity index is 1180. The van der Waals surface area contributed by atoms with Crippen molar-refractivity contribution in [3.63, 3.8) is 0 Å². The third kappa shape index (κ3) is 4.88. The Morgan fingerprint density at radius 1 is 0.903 bits per heavy atom. The van der Waals surface area contributed by atoms with Crippen molar-refractivity contribution in [2.75, 3.05) is 11.4 Å². The van der Waals surface area contributed by atoms with Crippen LogP contribution in [0.4, 0.5) is 5.69 Å². The SMILES string of the molecule is COc1cccc(OC(C)C(=O)N(c2cc(C)ccc2C)S(=O)(=O)c2ccccc2)c1. The molecule has 3 aromatic carbocycles. The maximum Gasteiger partial charge on any atom is 0.281 e. The molecule has 0 spiro atoms. The minimum absolute atomic E-state index is 0.0258. The number of aryl methyl sites for hydroxylation is 2. The van der Waals surface area contributed by atoms with Gasteiger partial charge >= 0.3 is 0 Å². The number of benzene rings is 3. The molecule has 3 aromatic rings. The molecule has 0 radical (unpaired) electrons. The number of hydrogen-bond acceptors (Lipinski definition) is 5. The number of ether oxygens (including phenoxy) is 2. The molecule has 0 aliphatic carbocycles. The van der Waals surface area contributed by atoms with Crippen LogP contribution in [0.15, 0.2) is 77.7 Å². The van der Waals surface area contributed by atoms with Crippen LogP contribution in [0.2, 0.25) is 0 Å². The molecule has 0 aliphatic heterocycles. The van der Waals surface area contributed by atoms with Gasteiger partial charge in [-0.1, -0.05) is 36.4 Å². The fourth-order valence-electron chi connectivity index (χ4n) is 3.10. The van der Waals surface area contributed by atoms with E-state index in [2.05, 4.69) is 0 Å². The van der Waals surface area contributed by atoms with Gasteiger partial charge in [0.25, 0.3) is 15.9 Å². The van der Waals surface area contributed by atoms with Crippen LogP contribution in [0.5, 0.6) is 11.5 Å². The van der Waals surface area contributed by atoms with E-state index in [4.69, 9.17) is 9.47 Å². The molecule has 0 aliphatic rings. The minimum Gasteiger partial charge on any atom is -0.497 e.